The lowest BCUT2D eigenvalue weighted by atomic mass is 10.2. The summed E-state index contributed by atoms with van der Waals surface area (Å²) in [4.78, 5) is 24.2. The van der Waals surface area contributed by atoms with Crippen molar-refractivity contribution in [1.82, 2.24) is 9.78 Å². The van der Waals surface area contributed by atoms with E-state index in [0.717, 1.165) is 24.1 Å². The fraction of sp³-hybridized carbons (Fsp3) is 0.227. The molecule has 0 bridgehead atoms. The van der Waals surface area contributed by atoms with Crippen molar-refractivity contribution in [3.8, 4) is 11.4 Å². The Hall–Kier alpha value is -3.68. The van der Waals surface area contributed by atoms with E-state index in [2.05, 4.69) is 10.4 Å². The summed E-state index contributed by atoms with van der Waals surface area (Å²) < 4.78 is 26.0. The molecule has 1 N–H and O–H groups in total. The molecule has 0 saturated carbocycles. The summed E-state index contributed by atoms with van der Waals surface area (Å²) >= 11 is 0. The van der Waals surface area contributed by atoms with Crippen LogP contribution in [0.1, 0.15) is 35.1 Å². The molecule has 7 nitrogen and oxygen atoms in total. The van der Waals surface area contributed by atoms with Gasteiger partial charge >= 0.3 is 12.1 Å². The number of amides is 1. The van der Waals surface area contributed by atoms with Gasteiger partial charge in [-0.25, -0.2) is 18.7 Å². The molecule has 0 unspecified atom stereocenters. The van der Waals surface area contributed by atoms with Gasteiger partial charge in [0.1, 0.15) is 17.3 Å². The van der Waals surface area contributed by atoms with Crippen LogP contribution in [0.4, 0.5) is 14.9 Å². The van der Waals surface area contributed by atoms with Gasteiger partial charge in [-0.1, -0.05) is 12.1 Å². The maximum Gasteiger partial charge on any atom is 0.411 e. The quantitative estimate of drug-likeness (QED) is 0.502. The van der Waals surface area contributed by atoms with E-state index in [0.29, 0.717) is 23.5 Å². The average molecular weight is 409 g/mol. The third kappa shape index (κ3) is 3.89. The van der Waals surface area contributed by atoms with Gasteiger partial charge in [0.2, 0.25) is 0 Å². The highest BCUT2D eigenvalue weighted by atomic mass is 19.1. The first-order valence-electron chi connectivity index (χ1n) is 9.68. The highest BCUT2D eigenvalue weighted by molar-refractivity contribution is 5.91. The number of halogens is 1. The topological polar surface area (TPSA) is 82.4 Å². The van der Waals surface area contributed by atoms with Crippen LogP contribution >= 0.6 is 0 Å². The number of nitrogens with zero attached hydrogens (tertiary/aromatic N) is 2. The Balaban J connectivity index is 1.54. The molecule has 0 fully saturated rings. The maximum absolute atomic E-state index is 14.3. The molecule has 30 heavy (non-hydrogen) atoms. The first kappa shape index (κ1) is 19.6. The van der Waals surface area contributed by atoms with E-state index in [1.165, 1.54) is 10.7 Å². The number of fused-ring (bicyclic) bond motifs is 1. The number of rotatable bonds is 5. The van der Waals surface area contributed by atoms with Crippen LogP contribution in [-0.2, 0) is 17.6 Å². The van der Waals surface area contributed by atoms with Crippen LogP contribution in [0.2, 0.25) is 0 Å². The third-order valence-electron chi connectivity index (χ3n) is 4.79. The molecule has 4 rings (SSSR count). The van der Waals surface area contributed by atoms with Gasteiger partial charge in [-0.3, -0.25) is 5.32 Å². The number of ether oxygens (including phenoxy) is 2. The number of para-hydroxylation sites is 1. The van der Waals surface area contributed by atoms with E-state index in [9.17, 15) is 14.0 Å². The zero-order valence-electron chi connectivity index (χ0n) is 16.4. The van der Waals surface area contributed by atoms with E-state index in [1.807, 2.05) is 0 Å². The molecule has 8 heteroatoms. The predicted molar refractivity (Wildman–Crippen MR) is 108 cm³/mol. The molecule has 1 heterocycles. The molecule has 0 aliphatic heterocycles. The molecule has 2 aromatic carbocycles. The highest BCUT2D eigenvalue weighted by Gasteiger charge is 2.28. The normalized spacial score (nSPS) is 12.3. The Labute approximate surface area is 172 Å². The minimum Gasteiger partial charge on any atom is -0.450 e. The summed E-state index contributed by atoms with van der Waals surface area (Å²) in [5, 5.41) is 6.93. The molecular weight excluding hydrogens is 389 g/mol. The van der Waals surface area contributed by atoms with Gasteiger partial charge in [0.15, 0.2) is 5.69 Å². The number of carbonyl (C=O) groups excluding carboxylic acids is 2. The number of aromatic nitrogens is 2. The van der Waals surface area contributed by atoms with E-state index in [-0.39, 0.29) is 12.3 Å². The van der Waals surface area contributed by atoms with Crippen LogP contribution in [0.5, 0.6) is 5.75 Å². The van der Waals surface area contributed by atoms with E-state index < -0.39 is 17.9 Å². The molecule has 1 amide bonds. The monoisotopic (exact) mass is 409 g/mol. The van der Waals surface area contributed by atoms with Crippen LogP contribution < -0.4 is 10.1 Å². The summed E-state index contributed by atoms with van der Waals surface area (Å²) in [7, 11) is 0. The molecule has 3 aromatic rings. The van der Waals surface area contributed by atoms with Crippen LogP contribution in [-0.4, -0.2) is 28.4 Å². The van der Waals surface area contributed by atoms with Crippen molar-refractivity contribution in [2.24, 2.45) is 0 Å². The SMILES string of the molecule is CCOC(=O)Nc1ccc(OC(=O)c2nn(-c3ccccc3F)c3c2CCC3)cc1. The predicted octanol–water partition coefficient (Wildman–Crippen LogP) is 4.29. The lowest BCUT2D eigenvalue weighted by molar-refractivity contribution is 0.0727. The highest BCUT2D eigenvalue weighted by Crippen LogP contribution is 2.29. The molecule has 0 saturated heterocycles. The second kappa shape index (κ2) is 8.36. The number of hydrogen-bond donors (Lipinski definition) is 1. The second-order valence-electron chi connectivity index (χ2n) is 6.75. The lowest BCUT2D eigenvalue weighted by Gasteiger charge is -2.07. The molecule has 0 atom stereocenters. The maximum atomic E-state index is 14.3. The molecule has 154 valence electrons. The van der Waals surface area contributed by atoms with Gasteiger partial charge in [0, 0.05) is 16.9 Å². The van der Waals surface area contributed by atoms with Gasteiger partial charge in [0.25, 0.3) is 0 Å². The van der Waals surface area contributed by atoms with Crippen molar-refractivity contribution in [2.75, 3.05) is 11.9 Å². The molecule has 1 aliphatic carbocycles. The van der Waals surface area contributed by atoms with Gasteiger partial charge < -0.3 is 9.47 Å². The van der Waals surface area contributed by atoms with E-state index >= 15 is 0 Å². The van der Waals surface area contributed by atoms with Crippen molar-refractivity contribution in [3.05, 3.63) is 71.3 Å². The first-order valence-corrected chi connectivity index (χ1v) is 9.68. The summed E-state index contributed by atoms with van der Waals surface area (Å²) in [5.74, 6) is -0.699. The Morgan fingerprint density at radius 3 is 2.63 bits per heavy atom. The molecular formula is C22H20FN3O4. The number of esters is 1. The first-order chi connectivity index (χ1) is 14.6. The van der Waals surface area contributed by atoms with Crippen LogP contribution in [0, 0.1) is 5.82 Å². The minimum atomic E-state index is -0.602. The summed E-state index contributed by atoms with van der Waals surface area (Å²) in [6.45, 7) is 1.98. The Morgan fingerprint density at radius 1 is 1.13 bits per heavy atom. The smallest absolute Gasteiger partial charge is 0.411 e. The van der Waals surface area contributed by atoms with Crippen molar-refractivity contribution < 1.29 is 23.5 Å². The average Bonchev–Trinajstić information content (AvgIpc) is 3.33. The van der Waals surface area contributed by atoms with E-state index in [1.54, 1.807) is 49.4 Å². The zero-order chi connectivity index (χ0) is 21.1. The fourth-order valence-electron chi connectivity index (χ4n) is 3.47. The van der Waals surface area contributed by atoms with Crippen LogP contribution in [0.3, 0.4) is 0 Å². The van der Waals surface area contributed by atoms with Crippen molar-refractivity contribution in [2.45, 2.75) is 26.2 Å². The second-order valence-corrected chi connectivity index (χ2v) is 6.75. The number of anilines is 1. The summed E-state index contributed by atoms with van der Waals surface area (Å²) in [5.41, 5.74) is 2.64. The number of benzene rings is 2. The van der Waals surface area contributed by atoms with E-state index in [4.69, 9.17) is 9.47 Å². The zero-order valence-corrected chi connectivity index (χ0v) is 16.4. The van der Waals surface area contributed by atoms with Crippen LogP contribution in [0.15, 0.2) is 48.5 Å². The van der Waals surface area contributed by atoms with Crippen molar-refractivity contribution in [3.63, 3.8) is 0 Å². The molecule has 0 radical (unpaired) electrons. The summed E-state index contributed by atoms with van der Waals surface area (Å²) in [6, 6.07) is 12.7. The number of hydrogen-bond acceptors (Lipinski definition) is 5. The van der Waals surface area contributed by atoms with Gasteiger partial charge in [-0.2, -0.15) is 5.10 Å². The van der Waals surface area contributed by atoms with Crippen molar-refractivity contribution in [1.29, 1.82) is 0 Å². The Kier molecular flexibility index (Phi) is 5.47. The lowest BCUT2D eigenvalue weighted by Crippen LogP contribution is -2.14. The van der Waals surface area contributed by atoms with Gasteiger partial charge in [-0.05, 0) is 62.6 Å². The van der Waals surface area contributed by atoms with Gasteiger partial charge in [0.05, 0.1) is 6.61 Å². The summed E-state index contributed by atoms with van der Waals surface area (Å²) in [6.07, 6.45) is 1.72. The Bertz CT molecular complexity index is 1090. The number of nitrogens with one attached hydrogen (secondary N) is 1. The fourth-order valence-corrected chi connectivity index (χ4v) is 3.47. The third-order valence-corrected chi connectivity index (χ3v) is 4.79. The molecule has 1 aliphatic rings. The molecule has 1 aromatic heterocycles. The molecule has 0 spiro atoms. The van der Waals surface area contributed by atoms with Gasteiger partial charge in [-0.15, -0.1) is 0 Å². The van der Waals surface area contributed by atoms with Crippen molar-refractivity contribution >= 4 is 17.7 Å². The standard InChI is InChI=1S/C22H20FN3O4/c1-2-29-22(28)24-14-10-12-15(13-11-14)30-21(27)20-16-6-5-9-18(16)26(25-20)19-8-4-3-7-17(19)23/h3-4,7-8,10-13H,2,5-6,9H2,1H3,(H,24,28). The van der Waals surface area contributed by atoms with Crippen LogP contribution in [0.25, 0.3) is 5.69 Å². The largest absolute Gasteiger partial charge is 0.450 e. The number of carbonyl (C=O) groups is 2. The Morgan fingerprint density at radius 2 is 1.90 bits per heavy atom. The minimum absolute atomic E-state index is 0.194.